The van der Waals surface area contributed by atoms with E-state index in [0.29, 0.717) is 11.5 Å². The van der Waals surface area contributed by atoms with Crippen LogP contribution in [-0.4, -0.2) is 29.2 Å². The Labute approximate surface area is 147 Å². The van der Waals surface area contributed by atoms with E-state index in [-0.39, 0.29) is 12.3 Å². The largest absolute Gasteiger partial charge is 0.399 e. The van der Waals surface area contributed by atoms with E-state index in [1.54, 1.807) is 12.1 Å². The number of hydrogen-bond acceptors (Lipinski definition) is 4. The van der Waals surface area contributed by atoms with E-state index in [2.05, 4.69) is 46.4 Å². The Bertz CT molecular complexity index is 865. The van der Waals surface area contributed by atoms with Crippen molar-refractivity contribution in [1.29, 1.82) is 0 Å². The van der Waals surface area contributed by atoms with Crippen LogP contribution in [0.25, 0.3) is 10.9 Å². The molecule has 3 rings (SSSR count). The third-order valence-electron chi connectivity index (χ3n) is 4.28. The topological polar surface area (TPSA) is 87.0 Å². The maximum atomic E-state index is 12.3. The summed E-state index contributed by atoms with van der Waals surface area (Å²) in [5.41, 5.74) is 9.29. The van der Waals surface area contributed by atoms with Gasteiger partial charge in [-0.2, -0.15) is 5.10 Å². The Kier molecular flexibility index (Phi) is 4.88. The summed E-state index contributed by atoms with van der Waals surface area (Å²) in [5.74, 6) is 0.455. The van der Waals surface area contributed by atoms with Crippen molar-refractivity contribution in [3.8, 4) is 0 Å². The van der Waals surface area contributed by atoms with Crippen LogP contribution < -0.4 is 16.0 Å². The summed E-state index contributed by atoms with van der Waals surface area (Å²) in [7, 11) is 0. The second-order valence-electron chi connectivity index (χ2n) is 5.94. The molecule has 0 saturated heterocycles. The lowest BCUT2D eigenvalue weighted by atomic mass is 10.1. The molecule has 0 spiro atoms. The summed E-state index contributed by atoms with van der Waals surface area (Å²) in [5, 5.41) is 11.0. The Morgan fingerprint density at radius 2 is 1.88 bits per heavy atom. The zero-order valence-corrected chi connectivity index (χ0v) is 14.5. The van der Waals surface area contributed by atoms with Crippen molar-refractivity contribution in [1.82, 2.24) is 10.2 Å². The van der Waals surface area contributed by atoms with Gasteiger partial charge in [0.1, 0.15) is 0 Å². The van der Waals surface area contributed by atoms with E-state index in [0.717, 1.165) is 35.2 Å². The van der Waals surface area contributed by atoms with Crippen LogP contribution in [0.1, 0.15) is 19.4 Å². The van der Waals surface area contributed by atoms with Gasteiger partial charge < -0.3 is 16.0 Å². The van der Waals surface area contributed by atoms with E-state index in [9.17, 15) is 4.79 Å². The molecule has 0 aliphatic carbocycles. The van der Waals surface area contributed by atoms with Gasteiger partial charge in [0.15, 0.2) is 5.82 Å². The molecule has 4 N–H and O–H groups in total. The number of rotatable bonds is 6. The number of carbonyl (C=O) groups is 1. The summed E-state index contributed by atoms with van der Waals surface area (Å²) in [6, 6.07) is 13.4. The summed E-state index contributed by atoms with van der Waals surface area (Å²) in [4.78, 5) is 14.6. The third-order valence-corrected chi connectivity index (χ3v) is 4.28. The van der Waals surface area contributed by atoms with Gasteiger partial charge in [0.25, 0.3) is 0 Å². The highest BCUT2D eigenvalue weighted by Crippen LogP contribution is 2.26. The highest BCUT2D eigenvalue weighted by atomic mass is 16.1. The van der Waals surface area contributed by atoms with Gasteiger partial charge in [-0.3, -0.25) is 9.89 Å². The molecule has 2 aromatic carbocycles. The number of hydrogen-bond donors (Lipinski definition) is 3. The van der Waals surface area contributed by atoms with E-state index >= 15 is 0 Å². The lowest BCUT2D eigenvalue weighted by Gasteiger charge is -2.20. The van der Waals surface area contributed by atoms with E-state index < -0.39 is 0 Å². The molecule has 1 heterocycles. The fourth-order valence-electron chi connectivity index (χ4n) is 2.88. The molecule has 25 heavy (non-hydrogen) atoms. The van der Waals surface area contributed by atoms with Gasteiger partial charge >= 0.3 is 0 Å². The molecule has 0 fully saturated rings. The van der Waals surface area contributed by atoms with Crippen LogP contribution in [0.3, 0.4) is 0 Å². The SMILES string of the molecule is CCN(CC)c1ccc2[nH]nc(NC(=O)Cc3ccc(N)cc3)c2c1. The van der Waals surface area contributed by atoms with Crippen molar-refractivity contribution in [2.75, 3.05) is 29.0 Å². The number of nitrogens with zero attached hydrogens (tertiary/aromatic N) is 2. The van der Waals surface area contributed by atoms with Gasteiger partial charge in [-0.1, -0.05) is 12.1 Å². The maximum absolute atomic E-state index is 12.3. The Morgan fingerprint density at radius 3 is 2.56 bits per heavy atom. The number of nitrogen functional groups attached to an aromatic ring is 1. The molecule has 0 radical (unpaired) electrons. The maximum Gasteiger partial charge on any atom is 0.230 e. The quantitative estimate of drug-likeness (QED) is 0.603. The molecule has 3 aromatic rings. The van der Waals surface area contributed by atoms with Crippen LogP contribution in [0, 0.1) is 0 Å². The number of benzene rings is 2. The molecule has 6 nitrogen and oxygen atoms in total. The molecule has 0 atom stereocenters. The van der Waals surface area contributed by atoms with Crippen LogP contribution >= 0.6 is 0 Å². The number of aromatic nitrogens is 2. The van der Waals surface area contributed by atoms with Crippen molar-refractivity contribution in [3.05, 3.63) is 48.0 Å². The van der Waals surface area contributed by atoms with Crippen molar-refractivity contribution >= 4 is 34.0 Å². The summed E-state index contributed by atoms with van der Waals surface area (Å²) in [6.45, 7) is 6.11. The lowest BCUT2D eigenvalue weighted by Crippen LogP contribution is -2.21. The summed E-state index contributed by atoms with van der Waals surface area (Å²) in [6.07, 6.45) is 0.282. The first-order valence-corrected chi connectivity index (χ1v) is 8.48. The molecule has 0 aliphatic rings. The molecule has 6 heteroatoms. The molecule has 0 bridgehead atoms. The molecule has 1 amide bonds. The minimum atomic E-state index is -0.105. The van der Waals surface area contributed by atoms with E-state index in [1.165, 1.54) is 0 Å². The standard InChI is InChI=1S/C19H23N5O/c1-3-24(4-2)15-9-10-17-16(12-15)19(23-22-17)21-18(25)11-13-5-7-14(20)8-6-13/h5-10,12H,3-4,11,20H2,1-2H3,(H2,21,22,23,25). The monoisotopic (exact) mass is 337 g/mol. The highest BCUT2D eigenvalue weighted by Gasteiger charge is 2.12. The number of nitrogens with one attached hydrogen (secondary N) is 2. The van der Waals surface area contributed by atoms with Crippen LogP contribution in [0.2, 0.25) is 0 Å². The molecule has 0 unspecified atom stereocenters. The molecule has 130 valence electrons. The molecule has 1 aromatic heterocycles. The number of anilines is 3. The Balaban J connectivity index is 1.79. The summed E-state index contributed by atoms with van der Waals surface area (Å²) >= 11 is 0. The second kappa shape index (κ2) is 7.25. The third kappa shape index (κ3) is 3.74. The van der Waals surface area contributed by atoms with E-state index in [4.69, 9.17) is 5.73 Å². The van der Waals surface area contributed by atoms with Crippen molar-refractivity contribution < 1.29 is 4.79 Å². The highest BCUT2D eigenvalue weighted by molar-refractivity contribution is 6.01. The number of amides is 1. The van der Waals surface area contributed by atoms with Gasteiger partial charge in [-0.15, -0.1) is 0 Å². The van der Waals surface area contributed by atoms with Gasteiger partial charge in [0, 0.05) is 29.9 Å². The molecular formula is C19H23N5O. The first-order valence-electron chi connectivity index (χ1n) is 8.48. The average Bonchev–Trinajstić information content (AvgIpc) is 3.00. The van der Waals surface area contributed by atoms with Gasteiger partial charge in [-0.05, 0) is 49.7 Å². The zero-order valence-electron chi connectivity index (χ0n) is 14.5. The predicted molar refractivity (Wildman–Crippen MR) is 103 cm³/mol. The number of carbonyl (C=O) groups excluding carboxylic acids is 1. The van der Waals surface area contributed by atoms with Gasteiger partial charge in [-0.25, -0.2) is 0 Å². The minimum absolute atomic E-state index is 0.105. The van der Waals surface area contributed by atoms with E-state index in [1.807, 2.05) is 18.2 Å². The van der Waals surface area contributed by atoms with Crippen LogP contribution in [0.5, 0.6) is 0 Å². The average molecular weight is 337 g/mol. The smallest absolute Gasteiger partial charge is 0.230 e. The van der Waals surface area contributed by atoms with Crippen molar-refractivity contribution in [2.24, 2.45) is 0 Å². The first-order chi connectivity index (χ1) is 12.1. The van der Waals surface area contributed by atoms with Crippen LogP contribution in [0.4, 0.5) is 17.2 Å². The number of aromatic amines is 1. The number of H-pyrrole nitrogens is 1. The lowest BCUT2D eigenvalue weighted by molar-refractivity contribution is -0.115. The fraction of sp³-hybridized carbons (Fsp3) is 0.263. The second-order valence-corrected chi connectivity index (χ2v) is 5.94. The van der Waals surface area contributed by atoms with Gasteiger partial charge in [0.05, 0.1) is 11.9 Å². The Morgan fingerprint density at radius 1 is 1.16 bits per heavy atom. The molecule has 0 saturated carbocycles. The molecular weight excluding hydrogens is 314 g/mol. The number of fused-ring (bicyclic) bond motifs is 1. The Hall–Kier alpha value is -3.02. The number of nitrogens with two attached hydrogens (primary N) is 1. The fourth-order valence-corrected chi connectivity index (χ4v) is 2.88. The van der Waals surface area contributed by atoms with Crippen molar-refractivity contribution in [2.45, 2.75) is 20.3 Å². The van der Waals surface area contributed by atoms with Crippen LogP contribution in [0.15, 0.2) is 42.5 Å². The minimum Gasteiger partial charge on any atom is -0.399 e. The van der Waals surface area contributed by atoms with Gasteiger partial charge in [0.2, 0.25) is 5.91 Å². The van der Waals surface area contributed by atoms with Crippen LogP contribution in [-0.2, 0) is 11.2 Å². The molecule has 0 aliphatic heterocycles. The first kappa shape index (κ1) is 16.8. The zero-order chi connectivity index (χ0) is 17.8. The predicted octanol–water partition coefficient (Wildman–Crippen LogP) is 3.17. The normalized spacial score (nSPS) is 10.8. The summed E-state index contributed by atoms with van der Waals surface area (Å²) < 4.78 is 0. The van der Waals surface area contributed by atoms with Crippen molar-refractivity contribution in [3.63, 3.8) is 0 Å².